The first-order chi connectivity index (χ1) is 9.65. The van der Waals surface area contributed by atoms with Crippen LogP contribution in [0, 0.1) is 0 Å². The first-order valence-electron chi connectivity index (χ1n) is 6.51. The van der Waals surface area contributed by atoms with E-state index in [0.717, 1.165) is 9.87 Å². The molecule has 1 aliphatic heterocycles. The topological polar surface area (TPSA) is 83.6 Å². The van der Waals surface area contributed by atoms with E-state index in [9.17, 15) is 18.0 Å². The van der Waals surface area contributed by atoms with E-state index < -0.39 is 15.4 Å². The normalized spacial score (nSPS) is 18.7. The lowest BCUT2D eigenvalue weighted by Crippen LogP contribution is -2.45. The summed E-state index contributed by atoms with van der Waals surface area (Å²) >= 11 is 0. The van der Waals surface area contributed by atoms with Gasteiger partial charge in [0.15, 0.2) is 0 Å². The largest absolute Gasteiger partial charge is 0.296 e. The van der Waals surface area contributed by atoms with Gasteiger partial charge in [-0.2, -0.15) is 0 Å². The summed E-state index contributed by atoms with van der Waals surface area (Å²) in [5, 5.41) is 2.27. The van der Waals surface area contributed by atoms with Crippen LogP contribution in [-0.2, 0) is 25.0 Å². The van der Waals surface area contributed by atoms with E-state index in [1.54, 1.807) is 12.1 Å². The second-order valence-electron chi connectivity index (χ2n) is 5.70. The molecule has 0 saturated carbocycles. The first-order valence-corrected chi connectivity index (χ1v) is 7.95. The fraction of sp³-hybridized carbons (Fsp3) is 0.429. The van der Waals surface area contributed by atoms with Gasteiger partial charge in [-0.25, -0.2) is 12.7 Å². The highest BCUT2D eigenvalue weighted by atomic mass is 32.2. The van der Waals surface area contributed by atoms with Crippen molar-refractivity contribution in [3.8, 4) is 0 Å². The highest BCUT2D eigenvalue weighted by Gasteiger charge is 2.37. The van der Waals surface area contributed by atoms with Crippen LogP contribution in [-0.4, -0.2) is 38.6 Å². The van der Waals surface area contributed by atoms with Gasteiger partial charge in [0.1, 0.15) is 0 Å². The number of imide groups is 1. The Morgan fingerprint density at radius 3 is 1.95 bits per heavy atom. The molecule has 1 aromatic carbocycles. The van der Waals surface area contributed by atoms with Crippen LogP contribution >= 0.6 is 0 Å². The van der Waals surface area contributed by atoms with Crippen molar-refractivity contribution in [2.24, 2.45) is 0 Å². The number of rotatable bonds is 3. The predicted octanol–water partition coefficient (Wildman–Crippen LogP) is 0.631. The molecule has 0 spiro atoms. The number of sulfonamides is 1. The Morgan fingerprint density at radius 2 is 1.52 bits per heavy atom. The molecule has 0 radical (unpaired) electrons. The van der Waals surface area contributed by atoms with Gasteiger partial charge in [0.25, 0.3) is 0 Å². The fourth-order valence-electron chi connectivity index (χ4n) is 2.46. The van der Waals surface area contributed by atoms with Gasteiger partial charge in [0.05, 0.1) is 4.90 Å². The lowest BCUT2D eigenvalue weighted by Gasteiger charge is -2.32. The SMILES string of the molecule is CN(C)S(=O)(=O)c1ccc(C2(C)CC(=O)NC(=O)C2)cc1. The molecule has 1 saturated heterocycles. The molecule has 0 atom stereocenters. The highest BCUT2D eigenvalue weighted by Crippen LogP contribution is 2.34. The minimum Gasteiger partial charge on any atom is -0.296 e. The van der Waals surface area contributed by atoms with E-state index in [4.69, 9.17) is 0 Å². The van der Waals surface area contributed by atoms with E-state index in [1.165, 1.54) is 26.2 Å². The molecule has 1 fully saturated rings. The van der Waals surface area contributed by atoms with E-state index in [0.29, 0.717) is 0 Å². The molecule has 0 aliphatic carbocycles. The molecule has 1 aliphatic rings. The Morgan fingerprint density at radius 1 is 1.05 bits per heavy atom. The zero-order valence-electron chi connectivity index (χ0n) is 12.2. The minimum absolute atomic E-state index is 0.187. The molecule has 7 heteroatoms. The lowest BCUT2D eigenvalue weighted by atomic mass is 9.74. The monoisotopic (exact) mass is 310 g/mol. The molecular formula is C14H18N2O4S. The van der Waals surface area contributed by atoms with Crippen molar-refractivity contribution in [1.29, 1.82) is 0 Å². The van der Waals surface area contributed by atoms with Crippen molar-refractivity contribution in [3.05, 3.63) is 29.8 Å². The smallest absolute Gasteiger partial charge is 0.242 e. The van der Waals surface area contributed by atoms with E-state index in [-0.39, 0.29) is 29.6 Å². The van der Waals surface area contributed by atoms with Gasteiger partial charge in [-0.15, -0.1) is 0 Å². The van der Waals surface area contributed by atoms with Crippen LogP contribution in [0.25, 0.3) is 0 Å². The Hall–Kier alpha value is -1.73. The second-order valence-corrected chi connectivity index (χ2v) is 7.85. The molecule has 0 unspecified atom stereocenters. The van der Waals surface area contributed by atoms with Crippen molar-refractivity contribution >= 4 is 21.8 Å². The number of piperidine rings is 1. The van der Waals surface area contributed by atoms with E-state index in [2.05, 4.69) is 5.32 Å². The number of benzene rings is 1. The first kappa shape index (κ1) is 15.7. The van der Waals surface area contributed by atoms with Gasteiger partial charge in [-0.05, 0) is 17.7 Å². The van der Waals surface area contributed by atoms with Crippen LogP contribution in [0.3, 0.4) is 0 Å². The number of carbonyl (C=O) groups is 2. The summed E-state index contributed by atoms with van der Waals surface area (Å²) in [7, 11) is -0.545. The van der Waals surface area contributed by atoms with Crippen molar-refractivity contribution in [2.45, 2.75) is 30.1 Å². The molecule has 1 heterocycles. The second kappa shape index (κ2) is 5.23. The number of nitrogens with one attached hydrogen (secondary N) is 1. The van der Waals surface area contributed by atoms with Crippen LogP contribution in [0.2, 0.25) is 0 Å². The Bertz CT molecular complexity index is 661. The van der Waals surface area contributed by atoms with Crippen molar-refractivity contribution in [2.75, 3.05) is 14.1 Å². The maximum absolute atomic E-state index is 12.0. The number of carbonyl (C=O) groups excluding carboxylic acids is 2. The van der Waals surface area contributed by atoms with Crippen LogP contribution < -0.4 is 5.32 Å². The zero-order valence-corrected chi connectivity index (χ0v) is 13.0. The standard InChI is InChI=1S/C14H18N2O4S/c1-14(8-12(17)15-13(18)9-14)10-4-6-11(7-5-10)21(19,20)16(2)3/h4-7H,8-9H2,1-3H3,(H,15,17,18). The molecule has 1 aromatic rings. The van der Waals surface area contributed by atoms with Gasteiger partial charge in [0.2, 0.25) is 21.8 Å². The van der Waals surface area contributed by atoms with Crippen LogP contribution in [0.15, 0.2) is 29.2 Å². The van der Waals surface area contributed by atoms with Crippen molar-refractivity contribution in [1.82, 2.24) is 9.62 Å². The van der Waals surface area contributed by atoms with Crippen LogP contribution in [0.1, 0.15) is 25.3 Å². The average Bonchev–Trinajstić information content (AvgIpc) is 2.37. The average molecular weight is 310 g/mol. The van der Waals surface area contributed by atoms with E-state index >= 15 is 0 Å². The van der Waals surface area contributed by atoms with Crippen LogP contribution in [0.5, 0.6) is 0 Å². The molecule has 6 nitrogen and oxygen atoms in total. The number of hydrogen-bond donors (Lipinski definition) is 1. The minimum atomic E-state index is -3.48. The molecule has 2 amide bonds. The third kappa shape index (κ3) is 2.98. The van der Waals surface area contributed by atoms with Gasteiger partial charge in [-0.1, -0.05) is 19.1 Å². The number of nitrogens with zero attached hydrogens (tertiary/aromatic N) is 1. The van der Waals surface area contributed by atoms with Gasteiger partial charge in [-0.3, -0.25) is 14.9 Å². The summed E-state index contributed by atoms with van der Waals surface area (Å²) in [6.45, 7) is 1.83. The molecule has 114 valence electrons. The molecule has 0 bridgehead atoms. The fourth-order valence-corrected chi connectivity index (χ4v) is 3.36. The summed E-state index contributed by atoms with van der Waals surface area (Å²) in [6.07, 6.45) is 0.414. The quantitative estimate of drug-likeness (QED) is 0.830. The maximum atomic E-state index is 12.0. The molecular weight excluding hydrogens is 292 g/mol. The third-order valence-electron chi connectivity index (χ3n) is 3.71. The van der Waals surface area contributed by atoms with Crippen molar-refractivity contribution < 1.29 is 18.0 Å². The molecule has 1 N–H and O–H groups in total. The summed E-state index contributed by atoms with van der Waals surface area (Å²) in [5.74, 6) is -0.613. The zero-order chi connectivity index (χ0) is 15.8. The summed E-state index contributed by atoms with van der Waals surface area (Å²) in [4.78, 5) is 23.3. The van der Waals surface area contributed by atoms with Gasteiger partial charge in [0, 0.05) is 32.4 Å². The summed E-state index contributed by atoms with van der Waals surface area (Å²) < 4.78 is 25.2. The highest BCUT2D eigenvalue weighted by molar-refractivity contribution is 7.89. The summed E-state index contributed by atoms with van der Waals surface area (Å²) in [5.41, 5.74) is 0.184. The predicted molar refractivity (Wildman–Crippen MR) is 77.1 cm³/mol. The summed E-state index contributed by atoms with van der Waals surface area (Å²) in [6, 6.07) is 6.35. The number of hydrogen-bond acceptors (Lipinski definition) is 4. The molecule has 0 aromatic heterocycles. The van der Waals surface area contributed by atoms with Gasteiger partial charge < -0.3 is 0 Å². The molecule has 2 rings (SSSR count). The Kier molecular flexibility index (Phi) is 3.90. The number of amides is 2. The van der Waals surface area contributed by atoms with Gasteiger partial charge >= 0.3 is 0 Å². The molecule has 21 heavy (non-hydrogen) atoms. The lowest BCUT2D eigenvalue weighted by molar-refractivity contribution is -0.135. The maximum Gasteiger partial charge on any atom is 0.242 e. The van der Waals surface area contributed by atoms with E-state index in [1.807, 2.05) is 6.92 Å². The Balaban J connectivity index is 2.35. The Labute approximate surface area is 124 Å². The van der Waals surface area contributed by atoms with Crippen molar-refractivity contribution in [3.63, 3.8) is 0 Å². The third-order valence-corrected chi connectivity index (χ3v) is 5.54. The van der Waals surface area contributed by atoms with Crippen LogP contribution in [0.4, 0.5) is 0 Å².